The molecular weight excluding hydrogens is 256 g/mol. The molecule has 0 saturated carbocycles. The zero-order chi connectivity index (χ0) is 14.4. The van der Waals surface area contributed by atoms with Gasteiger partial charge in [-0.05, 0) is 24.6 Å². The molecule has 5 nitrogen and oxygen atoms in total. The average Bonchev–Trinajstić information content (AvgIpc) is 2.53. The van der Waals surface area contributed by atoms with Crippen LogP contribution in [-0.2, 0) is 20.8 Å². The van der Waals surface area contributed by atoms with Crippen molar-refractivity contribution in [2.75, 3.05) is 38.3 Å². The highest BCUT2D eigenvalue weighted by Gasteiger charge is 2.13. The van der Waals surface area contributed by atoms with Crippen LogP contribution in [0.25, 0.3) is 0 Å². The molecule has 0 aliphatic carbocycles. The number of morpholine rings is 1. The molecule has 1 aliphatic rings. The SMILES string of the molecule is COC(=O)C(C)NCc1ccc(N2CCOCC2)cc1. The number of ether oxygens (including phenoxy) is 2. The molecule has 0 bridgehead atoms. The molecule has 1 saturated heterocycles. The van der Waals surface area contributed by atoms with Gasteiger partial charge >= 0.3 is 5.97 Å². The Hall–Kier alpha value is -1.59. The molecule has 1 aromatic carbocycles. The van der Waals surface area contributed by atoms with E-state index < -0.39 is 0 Å². The Bertz CT molecular complexity index is 427. The third-order valence-corrected chi connectivity index (χ3v) is 3.48. The van der Waals surface area contributed by atoms with Crippen LogP contribution < -0.4 is 10.2 Å². The first-order valence-electron chi connectivity index (χ1n) is 6.93. The number of carbonyl (C=O) groups is 1. The van der Waals surface area contributed by atoms with Crippen molar-refractivity contribution in [2.45, 2.75) is 19.5 Å². The lowest BCUT2D eigenvalue weighted by Crippen LogP contribution is -2.36. The average molecular weight is 278 g/mol. The molecule has 1 unspecified atom stereocenters. The van der Waals surface area contributed by atoms with Gasteiger partial charge in [-0.3, -0.25) is 4.79 Å². The highest BCUT2D eigenvalue weighted by atomic mass is 16.5. The second-order valence-electron chi connectivity index (χ2n) is 4.89. The second kappa shape index (κ2) is 7.26. The Morgan fingerprint density at radius 1 is 1.35 bits per heavy atom. The highest BCUT2D eigenvalue weighted by molar-refractivity contribution is 5.75. The molecule has 2 rings (SSSR count). The monoisotopic (exact) mass is 278 g/mol. The minimum atomic E-state index is -0.293. The van der Waals surface area contributed by atoms with Crippen molar-refractivity contribution in [1.82, 2.24) is 5.32 Å². The van der Waals surface area contributed by atoms with Gasteiger partial charge in [0.15, 0.2) is 0 Å². The highest BCUT2D eigenvalue weighted by Crippen LogP contribution is 2.16. The molecule has 0 aromatic heterocycles. The number of methoxy groups -OCH3 is 1. The van der Waals surface area contributed by atoms with E-state index in [-0.39, 0.29) is 12.0 Å². The van der Waals surface area contributed by atoms with Crippen molar-refractivity contribution >= 4 is 11.7 Å². The van der Waals surface area contributed by atoms with Crippen LogP contribution in [0.2, 0.25) is 0 Å². The lowest BCUT2D eigenvalue weighted by molar-refractivity contribution is -0.142. The van der Waals surface area contributed by atoms with Crippen LogP contribution in [0.4, 0.5) is 5.69 Å². The zero-order valence-corrected chi connectivity index (χ0v) is 12.1. The predicted molar refractivity (Wildman–Crippen MR) is 77.8 cm³/mol. The van der Waals surface area contributed by atoms with Crippen LogP contribution >= 0.6 is 0 Å². The number of hydrogen-bond acceptors (Lipinski definition) is 5. The Morgan fingerprint density at radius 3 is 2.60 bits per heavy atom. The van der Waals surface area contributed by atoms with Gasteiger partial charge in [-0.1, -0.05) is 12.1 Å². The lowest BCUT2D eigenvalue weighted by atomic mass is 10.1. The van der Waals surface area contributed by atoms with Gasteiger partial charge in [0, 0.05) is 25.3 Å². The number of rotatable bonds is 5. The number of hydrogen-bond donors (Lipinski definition) is 1. The molecule has 20 heavy (non-hydrogen) atoms. The summed E-state index contributed by atoms with van der Waals surface area (Å²) in [6, 6.07) is 8.11. The van der Waals surface area contributed by atoms with Crippen molar-refractivity contribution < 1.29 is 14.3 Å². The Kier molecular flexibility index (Phi) is 5.38. The summed E-state index contributed by atoms with van der Waals surface area (Å²) < 4.78 is 10.0. The third kappa shape index (κ3) is 3.95. The van der Waals surface area contributed by atoms with E-state index in [0.29, 0.717) is 6.54 Å². The summed E-state index contributed by atoms with van der Waals surface area (Å²) in [7, 11) is 1.40. The van der Waals surface area contributed by atoms with E-state index in [9.17, 15) is 4.79 Å². The van der Waals surface area contributed by atoms with Crippen molar-refractivity contribution in [2.24, 2.45) is 0 Å². The number of carbonyl (C=O) groups excluding carboxylic acids is 1. The third-order valence-electron chi connectivity index (χ3n) is 3.48. The lowest BCUT2D eigenvalue weighted by Gasteiger charge is -2.29. The standard InChI is InChI=1S/C15H22N2O3/c1-12(15(18)19-2)16-11-13-3-5-14(6-4-13)17-7-9-20-10-8-17/h3-6,12,16H,7-11H2,1-2H3. The molecule has 1 heterocycles. The van der Waals surface area contributed by atoms with E-state index in [0.717, 1.165) is 31.9 Å². The summed E-state index contributed by atoms with van der Waals surface area (Å²) in [5.74, 6) is -0.241. The largest absolute Gasteiger partial charge is 0.468 e. The van der Waals surface area contributed by atoms with Crippen molar-refractivity contribution in [3.8, 4) is 0 Å². The summed E-state index contributed by atoms with van der Waals surface area (Å²) in [5.41, 5.74) is 2.37. The van der Waals surface area contributed by atoms with Gasteiger partial charge in [-0.15, -0.1) is 0 Å². The molecule has 1 aliphatic heterocycles. The first-order chi connectivity index (χ1) is 9.70. The van der Waals surface area contributed by atoms with Crippen LogP contribution in [0.15, 0.2) is 24.3 Å². The van der Waals surface area contributed by atoms with E-state index in [2.05, 4.69) is 39.2 Å². The van der Waals surface area contributed by atoms with Crippen LogP contribution in [0.1, 0.15) is 12.5 Å². The van der Waals surface area contributed by atoms with Crippen LogP contribution in [0, 0.1) is 0 Å². The van der Waals surface area contributed by atoms with Crippen molar-refractivity contribution in [1.29, 1.82) is 0 Å². The molecule has 110 valence electrons. The predicted octanol–water partition coefficient (Wildman–Crippen LogP) is 1.17. The minimum absolute atomic E-state index is 0.241. The summed E-state index contributed by atoms with van der Waals surface area (Å²) in [6.45, 7) is 5.92. The Labute approximate surface area is 119 Å². The van der Waals surface area contributed by atoms with Gasteiger partial charge in [0.1, 0.15) is 6.04 Å². The zero-order valence-electron chi connectivity index (χ0n) is 12.1. The number of esters is 1. The van der Waals surface area contributed by atoms with Crippen LogP contribution in [-0.4, -0.2) is 45.4 Å². The quantitative estimate of drug-likeness (QED) is 0.820. The van der Waals surface area contributed by atoms with Gasteiger partial charge in [0.05, 0.1) is 20.3 Å². The topological polar surface area (TPSA) is 50.8 Å². The van der Waals surface area contributed by atoms with Gasteiger partial charge in [0.2, 0.25) is 0 Å². The summed E-state index contributed by atoms with van der Waals surface area (Å²) >= 11 is 0. The number of benzene rings is 1. The van der Waals surface area contributed by atoms with Crippen molar-refractivity contribution in [3.05, 3.63) is 29.8 Å². The normalized spacial score (nSPS) is 16.8. The summed E-state index contributed by atoms with van der Waals surface area (Å²) in [4.78, 5) is 13.6. The van der Waals surface area contributed by atoms with Gasteiger partial charge in [-0.2, -0.15) is 0 Å². The first kappa shape index (κ1) is 14.8. The number of nitrogens with zero attached hydrogens (tertiary/aromatic N) is 1. The van der Waals surface area contributed by atoms with Crippen molar-refractivity contribution in [3.63, 3.8) is 0 Å². The maximum atomic E-state index is 11.3. The fourth-order valence-electron chi connectivity index (χ4n) is 2.18. The maximum absolute atomic E-state index is 11.3. The van der Waals surface area contributed by atoms with Crippen LogP contribution in [0.5, 0.6) is 0 Å². The molecule has 1 aromatic rings. The number of anilines is 1. The molecular formula is C15H22N2O3. The van der Waals surface area contributed by atoms with E-state index in [1.54, 1.807) is 6.92 Å². The Balaban J connectivity index is 1.86. The first-order valence-corrected chi connectivity index (χ1v) is 6.93. The maximum Gasteiger partial charge on any atom is 0.322 e. The van der Waals surface area contributed by atoms with E-state index in [4.69, 9.17) is 4.74 Å². The fourth-order valence-corrected chi connectivity index (χ4v) is 2.18. The van der Waals surface area contributed by atoms with E-state index in [1.165, 1.54) is 12.8 Å². The van der Waals surface area contributed by atoms with Gasteiger partial charge in [0.25, 0.3) is 0 Å². The molecule has 1 atom stereocenters. The smallest absolute Gasteiger partial charge is 0.322 e. The molecule has 0 amide bonds. The van der Waals surface area contributed by atoms with E-state index in [1.807, 2.05) is 0 Å². The molecule has 1 fully saturated rings. The second-order valence-corrected chi connectivity index (χ2v) is 4.89. The molecule has 1 N–H and O–H groups in total. The molecule has 0 radical (unpaired) electrons. The van der Waals surface area contributed by atoms with Crippen LogP contribution in [0.3, 0.4) is 0 Å². The minimum Gasteiger partial charge on any atom is -0.468 e. The van der Waals surface area contributed by atoms with Gasteiger partial charge < -0.3 is 19.7 Å². The Morgan fingerprint density at radius 2 is 2.00 bits per heavy atom. The van der Waals surface area contributed by atoms with E-state index >= 15 is 0 Å². The van der Waals surface area contributed by atoms with Gasteiger partial charge in [-0.25, -0.2) is 0 Å². The summed E-state index contributed by atoms with van der Waals surface area (Å²) in [6.07, 6.45) is 0. The molecule has 5 heteroatoms. The summed E-state index contributed by atoms with van der Waals surface area (Å²) in [5, 5.41) is 3.14. The fraction of sp³-hybridized carbons (Fsp3) is 0.533. The number of nitrogens with one attached hydrogen (secondary N) is 1. The molecule has 0 spiro atoms.